The van der Waals surface area contributed by atoms with Gasteiger partial charge in [-0.05, 0) is 19.4 Å². The third kappa shape index (κ3) is 2.39. The van der Waals surface area contributed by atoms with E-state index in [9.17, 15) is 4.79 Å². The first-order valence-corrected chi connectivity index (χ1v) is 6.45. The van der Waals surface area contributed by atoms with Gasteiger partial charge in [-0.3, -0.25) is 9.47 Å². The highest BCUT2D eigenvalue weighted by atomic mass is 16.5. The molecule has 2 unspecified atom stereocenters. The maximum Gasteiger partial charge on any atom is 0.326 e. The lowest BCUT2D eigenvalue weighted by molar-refractivity contribution is -0.0457. The molecule has 6 heteroatoms. The summed E-state index contributed by atoms with van der Waals surface area (Å²) < 4.78 is 7.21. The van der Waals surface area contributed by atoms with Crippen LogP contribution in [0.1, 0.15) is 12.8 Å². The lowest BCUT2D eigenvalue weighted by atomic mass is 10.2. The number of carbonyl (C=O) groups excluding carboxylic acids is 1. The molecule has 3 heterocycles. The summed E-state index contributed by atoms with van der Waals surface area (Å²) in [5, 5.41) is 2.87. The van der Waals surface area contributed by atoms with Crippen molar-refractivity contribution in [2.45, 2.75) is 25.0 Å². The fourth-order valence-electron chi connectivity index (χ4n) is 2.68. The van der Waals surface area contributed by atoms with Crippen molar-refractivity contribution < 1.29 is 9.53 Å². The number of nitrogens with zero attached hydrogens (tertiary/aromatic N) is 3. The fourth-order valence-corrected chi connectivity index (χ4v) is 2.68. The molecule has 6 nitrogen and oxygen atoms in total. The number of aromatic nitrogens is 2. The molecule has 3 rings (SSSR count). The molecular formula is C12H18N4O2. The van der Waals surface area contributed by atoms with E-state index in [1.165, 1.54) is 30.3 Å². The molecular weight excluding hydrogens is 232 g/mol. The van der Waals surface area contributed by atoms with Crippen LogP contribution in [0.25, 0.3) is 0 Å². The smallest absolute Gasteiger partial charge is 0.326 e. The topological polar surface area (TPSA) is 59.4 Å². The molecule has 2 saturated heterocycles. The lowest BCUT2D eigenvalue weighted by Crippen LogP contribution is -2.50. The third-order valence-electron chi connectivity index (χ3n) is 3.68. The minimum absolute atomic E-state index is 0.104. The van der Waals surface area contributed by atoms with E-state index >= 15 is 0 Å². The zero-order valence-corrected chi connectivity index (χ0v) is 10.3. The van der Waals surface area contributed by atoms with Gasteiger partial charge in [-0.25, -0.2) is 9.78 Å². The third-order valence-corrected chi connectivity index (χ3v) is 3.68. The van der Waals surface area contributed by atoms with Crippen LogP contribution in [-0.2, 0) is 4.74 Å². The van der Waals surface area contributed by atoms with E-state index in [2.05, 4.69) is 15.2 Å². The van der Waals surface area contributed by atoms with Crippen LogP contribution in [-0.4, -0.2) is 58.9 Å². The standard InChI is InChI=1S/C12H18N4O2/c17-12(16-5-3-13-9-16)14-6-11-7-15-4-1-2-10(15)8-18-11/h3,5,9-11H,1-2,4,6-8H2,(H,14,17). The second kappa shape index (κ2) is 5.07. The first-order chi connectivity index (χ1) is 8.83. The van der Waals surface area contributed by atoms with Crippen molar-refractivity contribution in [2.75, 3.05) is 26.2 Å². The molecule has 1 aromatic rings. The Kier molecular flexibility index (Phi) is 3.29. The zero-order valence-electron chi connectivity index (χ0n) is 10.3. The highest BCUT2D eigenvalue weighted by Gasteiger charge is 2.32. The molecule has 2 atom stereocenters. The number of rotatable bonds is 2. The van der Waals surface area contributed by atoms with Crippen LogP contribution in [0.2, 0.25) is 0 Å². The fraction of sp³-hybridized carbons (Fsp3) is 0.667. The number of amides is 1. The second-order valence-electron chi connectivity index (χ2n) is 4.90. The maximum atomic E-state index is 11.7. The van der Waals surface area contributed by atoms with E-state index in [1.54, 1.807) is 12.4 Å². The van der Waals surface area contributed by atoms with E-state index in [0.717, 1.165) is 13.2 Å². The molecule has 0 aromatic carbocycles. The highest BCUT2D eigenvalue weighted by Crippen LogP contribution is 2.22. The van der Waals surface area contributed by atoms with Crippen molar-refractivity contribution in [3.8, 4) is 0 Å². The first-order valence-electron chi connectivity index (χ1n) is 6.45. The Hall–Kier alpha value is -1.40. The van der Waals surface area contributed by atoms with E-state index in [4.69, 9.17) is 4.74 Å². The first kappa shape index (κ1) is 11.7. The van der Waals surface area contributed by atoms with Crippen LogP contribution in [0.3, 0.4) is 0 Å². The van der Waals surface area contributed by atoms with Gasteiger partial charge in [0.25, 0.3) is 0 Å². The van der Waals surface area contributed by atoms with Gasteiger partial charge in [-0.2, -0.15) is 0 Å². The SMILES string of the molecule is O=C(NCC1CN2CCCC2CO1)n1ccnc1. The Bertz CT molecular complexity index is 406. The summed E-state index contributed by atoms with van der Waals surface area (Å²) in [4.78, 5) is 18.0. The monoisotopic (exact) mass is 250 g/mol. The molecule has 18 heavy (non-hydrogen) atoms. The number of hydrogen-bond donors (Lipinski definition) is 1. The van der Waals surface area contributed by atoms with Crippen molar-refractivity contribution in [1.29, 1.82) is 0 Å². The van der Waals surface area contributed by atoms with E-state index in [-0.39, 0.29) is 12.1 Å². The summed E-state index contributed by atoms with van der Waals surface area (Å²) in [5.74, 6) is 0. The number of fused-ring (bicyclic) bond motifs is 1. The van der Waals surface area contributed by atoms with Crippen molar-refractivity contribution in [3.05, 3.63) is 18.7 Å². The number of imidazole rings is 1. The van der Waals surface area contributed by atoms with Crippen molar-refractivity contribution >= 4 is 6.03 Å². The summed E-state index contributed by atoms with van der Waals surface area (Å²) in [6.07, 6.45) is 7.33. The number of carbonyl (C=O) groups is 1. The lowest BCUT2D eigenvalue weighted by Gasteiger charge is -2.35. The van der Waals surface area contributed by atoms with Gasteiger partial charge < -0.3 is 10.1 Å². The zero-order chi connectivity index (χ0) is 12.4. The van der Waals surface area contributed by atoms with Crippen molar-refractivity contribution in [1.82, 2.24) is 19.8 Å². The Balaban J connectivity index is 1.47. The average molecular weight is 250 g/mol. The van der Waals surface area contributed by atoms with Crippen molar-refractivity contribution in [2.24, 2.45) is 0 Å². The van der Waals surface area contributed by atoms with Crippen LogP contribution in [0.5, 0.6) is 0 Å². The molecule has 0 spiro atoms. The summed E-state index contributed by atoms with van der Waals surface area (Å²) in [5.41, 5.74) is 0. The molecule has 0 bridgehead atoms. The predicted molar refractivity (Wildman–Crippen MR) is 65.4 cm³/mol. The molecule has 1 aromatic heterocycles. The minimum atomic E-state index is -0.153. The molecule has 2 aliphatic heterocycles. The molecule has 0 radical (unpaired) electrons. The van der Waals surface area contributed by atoms with Gasteiger partial charge in [-0.15, -0.1) is 0 Å². The average Bonchev–Trinajstić information content (AvgIpc) is 3.05. The van der Waals surface area contributed by atoms with Crippen LogP contribution >= 0.6 is 0 Å². The molecule has 1 N–H and O–H groups in total. The molecule has 2 aliphatic rings. The molecule has 1 amide bonds. The minimum Gasteiger partial charge on any atom is -0.373 e. The van der Waals surface area contributed by atoms with Gasteiger partial charge >= 0.3 is 6.03 Å². The number of nitrogens with one attached hydrogen (secondary N) is 1. The van der Waals surface area contributed by atoms with Crippen LogP contribution in [0.4, 0.5) is 4.79 Å². The second-order valence-corrected chi connectivity index (χ2v) is 4.90. The van der Waals surface area contributed by atoms with Gasteiger partial charge in [0.05, 0.1) is 12.7 Å². The van der Waals surface area contributed by atoms with Gasteiger partial charge in [-0.1, -0.05) is 0 Å². The maximum absolute atomic E-state index is 11.7. The predicted octanol–water partition coefficient (Wildman–Crippen LogP) is 0.304. The van der Waals surface area contributed by atoms with Gasteiger partial charge in [0, 0.05) is 31.5 Å². The van der Waals surface area contributed by atoms with Gasteiger partial charge in [0.1, 0.15) is 6.33 Å². The van der Waals surface area contributed by atoms with Crippen molar-refractivity contribution in [3.63, 3.8) is 0 Å². The Morgan fingerprint density at radius 3 is 3.33 bits per heavy atom. The highest BCUT2D eigenvalue weighted by molar-refractivity contribution is 5.76. The number of hydrogen-bond acceptors (Lipinski definition) is 4. The summed E-state index contributed by atoms with van der Waals surface area (Å²) in [7, 11) is 0. The Labute approximate surface area is 106 Å². The van der Waals surface area contributed by atoms with Crippen LogP contribution in [0, 0.1) is 0 Å². The normalized spacial score (nSPS) is 28.0. The summed E-state index contributed by atoms with van der Waals surface area (Å²) in [6, 6.07) is 0.449. The largest absolute Gasteiger partial charge is 0.373 e. The Morgan fingerprint density at radius 2 is 2.50 bits per heavy atom. The van der Waals surface area contributed by atoms with Gasteiger partial charge in [0.2, 0.25) is 0 Å². The number of ether oxygens (including phenoxy) is 1. The Morgan fingerprint density at radius 1 is 1.56 bits per heavy atom. The van der Waals surface area contributed by atoms with Crippen LogP contribution in [0.15, 0.2) is 18.7 Å². The molecule has 98 valence electrons. The molecule has 2 fully saturated rings. The van der Waals surface area contributed by atoms with E-state index < -0.39 is 0 Å². The summed E-state index contributed by atoms with van der Waals surface area (Å²) >= 11 is 0. The molecule has 0 aliphatic carbocycles. The van der Waals surface area contributed by atoms with Crippen LogP contribution < -0.4 is 5.32 Å². The van der Waals surface area contributed by atoms with E-state index in [1.807, 2.05) is 0 Å². The number of morpholine rings is 1. The summed E-state index contributed by atoms with van der Waals surface area (Å²) in [6.45, 7) is 3.45. The molecule has 0 saturated carbocycles. The van der Waals surface area contributed by atoms with E-state index in [0.29, 0.717) is 12.6 Å². The van der Waals surface area contributed by atoms with Gasteiger partial charge in [0.15, 0.2) is 0 Å². The quantitative estimate of drug-likeness (QED) is 0.820.